The molecule has 0 aliphatic heterocycles. The van der Waals surface area contributed by atoms with Gasteiger partial charge in [0.1, 0.15) is 12.4 Å². The molecule has 0 atom stereocenters. The first-order valence-electron chi connectivity index (χ1n) is 8.10. The molecule has 2 aromatic rings. The molecule has 0 spiro atoms. The predicted octanol–water partition coefficient (Wildman–Crippen LogP) is 4.66. The number of methoxy groups -OCH3 is 1. The van der Waals surface area contributed by atoms with E-state index in [0.29, 0.717) is 52.1 Å². The molecule has 0 bridgehead atoms. The Balaban J connectivity index is 2.01. The topological polar surface area (TPSA) is 48.0 Å². The number of benzene rings is 2. The summed E-state index contributed by atoms with van der Waals surface area (Å²) < 4.78 is 17.2. The van der Waals surface area contributed by atoms with Crippen molar-refractivity contribution in [1.29, 1.82) is 0 Å². The molecule has 2 rings (SSSR count). The molecule has 0 aliphatic rings. The summed E-state index contributed by atoms with van der Waals surface area (Å²) in [5, 5.41) is 0.653. The van der Waals surface area contributed by atoms with Crippen molar-refractivity contribution in [1.82, 2.24) is 4.90 Å². The van der Waals surface area contributed by atoms with E-state index in [9.17, 15) is 4.79 Å². The number of halogens is 2. The van der Waals surface area contributed by atoms with Crippen molar-refractivity contribution in [3.8, 4) is 17.2 Å². The fraction of sp³-hybridized carbons (Fsp3) is 0.316. The molecule has 5 nitrogen and oxygen atoms in total. The van der Waals surface area contributed by atoms with E-state index >= 15 is 0 Å². The van der Waals surface area contributed by atoms with Crippen LogP contribution in [0.25, 0.3) is 0 Å². The monoisotopic (exact) mass is 441 g/mol. The second kappa shape index (κ2) is 9.69. The summed E-state index contributed by atoms with van der Waals surface area (Å²) >= 11 is 9.27. The van der Waals surface area contributed by atoms with Gasteiger partial charge in [-0.05, 0) is 59.3 Å². The maximum atomic E-state index is 12.7. The molecule has 0 heterocycles. The van der Waals surface area contributed by atoms with Crippen LogP contribution in [0, 0.1) is 0 Å². The number of nitrogens with zero attached hydrogens (tertiary/aromatic N) is 1. The minimum absolute atomic E-state index is 0.131. The molecule has 140 valence electrons. The number of carbonyl (C=O) groups is 1. The van der Waals surface area contributed by atoms with Gasteiger partial charge in [0, 0.05) is 17.6 Å². The molecule has 0 unspecified atom stereocenters. The van der Waals surface area contributed by atoms with Gasteiger partial charge >= 0.3 is 0 Å². The van der Waals surface area contributed by atoms with Crippen molar-refractivity contribution < 1.29 is 19.0 Å². The van der Waals surface area contributed by atoms with Crippen molar-refractivity contribution >= 4 is 33.4 Å². The first-order chi connectivity index (χ1) is 12.5. The molecule has 0 radical (unpaired) electrons. The van der Waals surface area contributed by atoms with Crippen molar-refractivity contribution in [2.24, 2.45) is 0 Å². The van der Waals surface area contributed by atoms with Gasteiger partial charge in [-0.3, -0.25) is 4.79 Å². The Labute approximate surface area is 166 Å². The average Bonchev–Trinajstić information content (AvgIpc) is 2.62. The molecule has 0 aliphatic carbocycles. The first-order valence-corrected chi connectivity index (χ1v) is 9.27. The van der Waals surface area contributed by atoms with Crippen LogP contribution in [0.3, 0.4) is 0 Å². The lowest BCUT2D eigenvalue weighted by Crippen LogP contribution is -2.31. The van der Waals surface area contributed by atoms with Crippen LogP contribution in [-0.4, -0.2) is 44.7 Å². The summed E-state index contributed by atoms with van der Waals surface area (Å²) in [6, 6.07) is 10.5. The van der Waals surface area contributed by atoms with E-state index in [1.54, 1.807) is 55.5 Å². The Morgan fingerprint density at radius 2 is 1.88 bits per heavy atom. The van der Waals surface area contributed by atoms with Crippen molar-refractivity contribution in [3.63, 3.8) is 0 Å². The standard InChI is InChI=1S/C19H21BrClNO4/c1-4-25-17-12-13(11-16(20)18(17)24-3)19(23)22(2)9-10-26-15-7-5-14(21)6-8-15/h5-8,11-12H,4,9-10H2,1-3H3. The van der Waals surface area contributed by atoms with E-state index < -0.39 is 0 Å². The minimum atomic E-state index is -0.131. The highest BCUT2D eigenvalue weighted by Crippen LogP contribution is 2.36. The molecule has 0 saturated heterocycles. The SMILES string of the molecule is CCOc1cc(C(=O)N(C)CCOc2ccc(Cl)cc2)cc(Br)c1OC. The number of likely N-dealkylation sites (N-methyl/N-ethyl adjacent to an activating group) is 1. The Bertz CT molecular complexity index is 752. The highest BCUT2D eigenvalue weighted by Gasteiger charge is 2.18. The molecule has 1 amide bonds. The maximum absolute atomic E-state index is 12.7. The lowest BCUT2D eigenvalue weighted by molar-refractivity contribution is 0.0773. The normalized spacial score (nSPS) is 10.3. The second-order valence-electron chi connectivity index (χ2n) is 5.45. The highest BCUT2D eigenvalue weighted by atomic mass is 79.9. The summed E-state index contributed by atoms with van der Waals surface area (Å²) in [5.41, 5.74) is 0.509. The van der Waals surface area contributed by atoms with E-state index in [1.165, 1.54) is 0 Å². The second-order valence-corrected chi connectivity index (χ2v) is 6.74. The summed E-state index contributed by atoms with van der Waals surface area (Å²) in [5.74, 6) is 1.67. The zero-order chi connectivity index (χ0) is 19.1. The van der Waals surface area contributed by atoms with Gasteiger partial charge in [0.25, 0.3) is 5.91 Å². The predicted molar refractivity (Wildman–Crippen MR) is 106 cm³/mol. The minimum Gasteiger partial charge on any atom is -0.492 e. The summed E-state index contributed by atoms with van der Waals surface area (Å²) in [4.78, 5) is 14.3. The molecule has 0 fully saturated rings. The molecular weight excluding hydrogens is 422 g/mol. The van der Waals surface area contributed by atoms with Crippen LogP contribution in [0.2, 0.25) is 5.02 Å². The Kier molecular flexibility index (Phi) is 7.60. The maximum Gasteiger partial charge on any atom is 0.253 e. The van der Waals surface area contributed by atoms with Gasteiger partial charge in [0.05, 0.1) is 24.7 Å². The summed E-state index contributed by atoms with van der Waals surface area (Å²) in [7, 11) is 3.29. The zero-order valence-corrected chi connectivity index (χ0v) is 17.3. The third-order valence-corrected chi connectivity index (χ3v) is 4.46. The molecule has 2 aromatic carbocycles. The van der Waals surface area contributed by atoms with Crippen LogP contribution in [-0.2, 0) is 0 Å². The molecule has 26 heavy (non-hydrogen) atoms. The Morgan fingerprint density at radius 3 is 2.50 bits per heavy atom. The number of hydrogen-bond donors (Lipinski definition) is 0. The zero-order valence-electron chi connectivity index (χ0n) is 14.9. The average molecular weight is 443 g/mol. The quantitative estimate of drug-likeness (QED) is 0.596. The lowest BCUT2D eigenvalue weighted by atomic mass is 10.1. The number of hydrogen-bond acceptors (Lipinski definition) is 4. The fourth-order valence-electron chi connectivity index (χ4n) is 2.31. The molecular formula is C19H21BrClNO4. The van der Waals surface area contributed by atoms with E-state index in [-0.39, 0.29) is 5.91 Å². The van der Waals surface area contributed by atoms with E-state index in [4.69, 9.17) is 25.8 Å². The molecule has 0 aromatic heterocycles. The molecule has 7 heteroatoms. The molecule has 0 saturated carbocycles. The number of ether oxygens (including phenoxy) is 3. The largest absolute Gasteiger partial charge is 0.492 e. The van der Waals surface area contributed by atoms with Crippen LogP contribution in [0.4, 0.5) is 0 Å². The number of carbonyl (C=O) groups excluding carboxylic acids is 1. The van der Waals surface area contributed by atoms with Crippen LogP contribution in [0.5, 0.6) is 17.2 Å². The van der Waals surface area contributed by atoms with Gasteiger partial charge in [0.2, 0.25) is 0 Å². The Morgan fingerprint density at radius 1 is 1.19 bits per heavy atom. The van der Waals surface area contributed by atoms with Crippen molar-refractivity contribution in [3.05, 3.63) is 51.5 Å². The Hall–Kier alpha value is -1.92. The van der Waals surface area contributed by atoms with E-state index in [0.717, 1.165) is 0 Å². The van der Waals surface area contributed by atoms with Gasteiger partial charge in [-0.1, -0.05) is 11.6 Å². The summed E-state index contributed by atoms with van der Waals surface area (Å²) in [6.07, 6.45) is 0. The smallest absolute Gasteiger partial charge is 0.253 e. The van der Waals surface area contributed by atoms with Gasteiger partial charge in [-0.25, -0.2) is 0 Å². The van der Waals surface area contributed by atoms with Gasteiger partial charge in [-0.2, -0.15) is 0 Å². The van der Waals surface area contributed by atoms with Crippen molar-refractivity contribution in [2.75, 3.05) is 33.9 Å². The van der Waals surface area contributed by atoms with E-state index in [2.05, 4.69) is 15.9 Å². The van der Waals surface area contributed by atoms with Gasteiger partial charge < -0.3 is 19.1 Å². The third-order valence-electron chi connectivity index (χ3n) is 3.62. The third kappa shape index (κ3) is 5.29. The number of amides is 1. The van der Waals surface area contributed by atoms with Crippen LogP contribution in [0.1, 0.15) is 17.3 Å². The van der Waals surface area contributed by atoms with Crippen LogP contribution >= 0.6 is 27.5 Å². The van der Waals surface area contributed by atoms with Gasteiger partial charge in [-0.15, -0.1) is 0 Å². The lowest BCUT2D eigenvalue weighted by Gasteiger charge is -2.19. The van der Waals surface area contributed by atoms with E-state index in [1.807, 2.05) is 6.92 Å². The highest BCUT2D eigenvalue weighted by molar-refractivity contribution is 9.10. The van der Waals surface area contributed by atoms with Gasteiger partial charge in [0.15, 0.2) is 11.5 Å². The first kappa shape index (κ1) is 20.4. The summed E-state index contributed by atoms with van der Waals surface area (Å²) in [6.45, 7) is 3.17. The fourth-order valence-corrected chi connectivity index (χ4v) is 3.04. The van der Waals surface area contributed by atoms with Crippen LogP contribution < -0.4 is 14.2 Å². The number of rotatable bonds is 8. The molecule has 0 N–H and O–H groups in total. The van der Waals surface area contributed by atoms with Crippen molar-refractivity contribution in [2.45, 2.75) is 6.92 Å². The van der Waals surface area contributed by atoms with Crippen LogP contribution in [0.15, 0.2) is 40.9 Å².